The predicted molar refractivity (Wildman–Crippen MR) is 111 cm³/mol. The molecule has 0 atom stereocenters. The summed E-state index contributed by atoms with van der Waals surface area (Å²) in [6.45, 7) is 17.3. The Hall–Kier alpha value is -0.473. The fraction of sp³-hybridized carbons (Fsp3) is 0.950. The highest BCUT2D eigenvalue weighted by atomic mass is 28.4. The Morgan fingerprint density at radius 2 is 1.26 bits per heavy atom. The van der Waals surface area contributed by atoms with E-state index in [0.29, 0.717) is 59.3 Å². The van der Waals surface area contributed by atoms with Gasteiger partial charge in [-0.2, -0.15) is 0 Å². The highest BCUT2D eigenvalue weighted by molar-refractivity contribution is 6.74. The second-order valence-electron chi connectivity index (χ2n) is 8.12. The lowest BCUT2D eigenvalue weighted by Gasteiger charge is -2.36. The topological polar surface area (TPSA) is 63.2 Å². The van der Waals surface area contributed by atoms with Crippen LogP contribution < -0.4 is 0 Å². The lowest BCUT2D eigenvalue weighted by molar-refractivity contribution is -0.145. The molecule has 162 valence electrons. The van der Waals surface area contributed by atoms with Gasteiger partial charge in [0.1, 0.15) is 6.61 Å². The van der Waals surface area contributed by atoms with Gasteiger partial charge in [0.15, 0.2) is 8.32 Å². The Labute approximate surface area is 167 Å². The molecule has 0 aliphatic rings. The van der Waals surface area contributed by atoms with Crippen LogP contribution in [0.5, 0.6) is 0 Å². The summed E-state index contributed by atoms with van der Waals surface area (Å²) >= 11 is 0. The average Bonchev–Trinajstić information content (AvgIpc) is 2.58. The summed E-state index contributed by atoms with van der Waals surface area (Å²) in [5.41, 5.74) is 0. The zero-order chi connectivity index (χ0) is 20.6. The molecular formula is C20H42O6Si. The van der Waals surface area contributed by atoms with Gasteiger partial charge in [-0.3, -0.25) is 4.79 Å². The quantitative estimate of drug-likeness (QED) is 0.205. The second kappa shape index (κ2) is 15.4. The molecule has 0 aliphatic heterocycles. The minimum atomic E-state index is -1.68. The van der Waals surface area contributed by atoms with Crippen molar-refractivity contribution in [2.45, 2.75) is 71.5 Å². The highest BCUT2D eigenvalue weighted by Gasteiger charge is 2.36. The van der Waals surface area contributed by atoms with E-state index in [1.165, 1.54) is 0 Å². The lowest BCUT2D eigenvalue weighted by atomic mass is 10.2. The van der Waals surface area contributed by atoms with Crippen LogP contribution in [0.3, 0.4) is 0 Å². The molecule has 7 heteroatoms. The van der Waals surface area contributed by atoms with Gasteiger partial charge in [0, 0.05) is 6.42 Å². The summed E-state index contributed by atoms with van der Waals surface area (Å²) in [4.78, 5) is 11.4. The van der Waals surface area contributed by atoms with Gasteiger partial charge in [0.2, 0.25) is 0 Å². The van der Waals surface area contributed by atoms with E-state index in [9.17, 15) is 4.79 Å². The number of ether oxygens (including phenoxy) is 4. The number of esters is 1. The Balaban J connectivity index is 3.31. The maximum Gasteiger partial charge on any atom is 0.305 e. The van der Waals surface area contributed by atoms with E-state index in [1.807, 2.05) is 0 Å². The number of hydrogen-bond donors (Lipinski definition) is 0. The fourth-order valence-corrected chi connectivity index (χ4v) is 2.95. The minimum Gasteiger partial charge on any atom is -0.463 e. The van der Waals surface area contributed by atoms with Crippen LogP contribution in [0.15, 0.2) is 0 Å². The molecule has 0 aromatic carbocycles. The first-order valence-corrected chi connectivity index (χ1v) is 13.1. The Morgan fingerprint density at radius 3 is 1.74 bits per heavy atom. The molecule has 0 aliphatic carbocycles. The molecule has 0 saturated heterocycles. The first-order chi connectivity index (χ1) is 12.7. The minimum absolute atomic E-state index is 0.141. The molecule has 27 heavy (non-hydrogen) atoms. The fourth-order valence-electron chi connectivity index (χ4n) is 1.92. The summed E-state index contributed by atoms with van der Waals surface area (Å²) in [5, 5.41) is 0.226. The number of hydrogen-bond acceptors (Lipinski definition) is 6. The third kappa shape index (κ3) is 15.2. The van der Waals surface area contributed by atoms with Crippen molar-refractivity contribution < 1.29 is 28.2 Å². The van der Waals surface area contributed by atoms with Gasteiger partial charge in [-0.1, -0.05) is 40.5 Å². The monoisotopic (exact) mass is 406 g/mol. The van der Waals surface area contributed by atoms with Crippen LogP contribution in [0.1, 0.15) is 53.4 Å². The highest BCUT2D eigenvalue weighted by Crippen LogP contribution is 2.36. The van der Waals surface area contributed by atoms with Gasteiger partial charge in [0.25, 0.3) is 0 Å². The van der Waals surface area contributed by atoms with Crippen LogP contribution in [0.4, 0.5) is 0 Å². The molecule has 0 radical (unpaired) electrons. The van der Waals surface area contributed by atoms with Crippen molar-refractivity contribution in [1.29, 1.82) is 0 Å². The van der Waals surface area contributed by atoms with Crippen LogP contribution in [-0.2, 0) is 28.2 Å². The molecule has 0 aromatic heterocycles. The Bertz CT molecular complexity index is 368. The van der Waals surface area contributed by atoms with E-state index >= 15 is 0 Å². The lowest BCUT2D eigenvalue weighted by Crippen LogP contribution is -2.41. The van der Waals surface area contributed by atoms with E-state index in [1.54, 1.807) is 0 Å². The number of rotatable bonds is 17. The smallest absolute Gasteiger partial charge is 0.305 e. The zero-order valence-corrected chi connectivity index (χ0v) is 19.4. The molecule has 0 heterocycles. The number of carbonyl (C=O) groups excluding carboxylic acids is 1. The van der Waals surface area contributed by atoms with Crippen molar-refractivity contribution in [2.75, 3.05) is 52.9 Å². The molecule has 6 nitrogen and oxygen atoms in total. The first kappa shape index (κ1) is 26.5. The van der Waals surface area contributed by atoms with Crippen molar-refractivity contribution in [1.82, 2.24) is 0 Å². The normalized spacial score (nSPS) is 12.4. The Kier molecular flexibility index (Phi) is 15.2. The summed E-state index contributed by atoms with van der Waals surface area (Å²) in [6, 6.07) is 0. The number of carbonyl (C=O) groups is 1. The molecule has 0 spiro atoms. The van der Waals surface area contributed by atoms with E-state index in [2.05, 4.69) is 40.8 Å². The van der Waals surface area contributed by atoms with E-state index in [-0.39, 0.29) is 11.0 Å². The molecule has 0 N–H and O–H groups in total. The SMILES string of the molecule is CCCCCC(=O)OCCOCCOCCOCCO[Si](C)(C)C(C)(C)C. The summed E-state index contributed by atoms with van der Waals surface area (Å²) in [7, 11) is -1.68. The van der Waals surface area contributed by atoms with Crippen molar-refractivity contribution in [2.24, 2.45) is 0 Å². The summed E-state index contributed by atoms with van der Waals surface area (Å²) in [6.07, 6.45) is 3.56. The van der Waals surface area contributed by atoms with E-state index in [0.717, 1.165) is 19.3 Å². The summed E-state index contributed by atoms with van der Waals surface area (Å²) < 4.78 is 27.5. The largest absolute Gasteiger partial charge is 0.463 e. The van der Waals surface area contributed by atoms with Gasteiger partial charge < -0.3 is 23.4 Å². The third-order valence-electron chi connectivity index (χ3n) is 4.72. The van der Waals surface area contributed by atoms with Crippen LogP contribution in [-0.4, -0.2) is 67.1 Å². The van der Waals surface area contributed by atoms with Crippen molar-refractivity contribution in [3.8, 4) is 0 Å². The van der Waals surface area contributed by atoms with Crippen molar-refractivity contribution >= 4 is 14.3 Å². The average molecular weight is 407 g/mol. The van der Waals surface area contributed by atoms with Crippen molar-refractivity contribution in [3.63, 3.8) is 0 Å². The predicted octanol–water partition coefficient (Wildman–Crippen LogP) is 4.18. The van der Waals surface area contributed by atoms with Gasteiger partial charge in [-0.05, 0) is 24.6 Å². The van der Waals surface area contributed by atoms with Crippen LogP contribution >= 0.6 is 0 Å². The van der Waals surface area contributed by atoms with Gasteiger partial charge >= 0.3 is 5.97 Å². The number of unbranched alkanes of at least 4 members (excludes halogenated alkanes) is 2. The molecule has 0 unspecified atom stereocenters. The first-order valence-electron chi connectivity index (χ1n) is 10.2. The maximum atomic E-state index is 11.4. The van der Waals surface area contributed by atoms with Crippen LogP contribution in [0.25, 0.3) is 0 Å². The van der Waals surface area contributed by atoms with Gasteiger partial charge in [0.05, 0.1) is 46.2 Å². The van der Waals surface area contributed by atoms with E-state index < -0.39 is 8.32 Å². The Morgan fingerprint density at radius 1 is 0.778 bits per heavy atom. The molecule has 0 saturated carbocycles. The van der Waals surface area contributed by atoms with Crippen LogP contribution in [0.2, 0.25) is 18.1 Å². The zero-order valence-electron chi connectivity index (χ0n) is 18.4. The van der Waals surface area contributed by atoms with Gasteiger partial charge in [-0.25, -0.2) is 0 Å². The molecule has 0 rings (SSSR count). The van der Waals surface area contributed by atoms with Crippen LogP contribution in [0, 0.1) is 0 Å². The molecule has 0 amide bonds. The van der Waals surface area contributed by atoms with Gasteiger partial charge in [-0.15, -0.1) is 0 Å². The third-order valence-corrected chi connectivity index (χ3v) is 9.25. The molecule has 0 bridgehead atoms. The molecule has 0 aromatic rings. The summed E-state index contributed by atoms with van der Waals surface area (Å²) in [5.74, 6) is -0.141. The van der Waals surface area contributed by atoms with E-state index in [4.69, 9.17) is 23.4 Å². The maximum absolute atomic E-state index is 11.4. The molecule has 0 fully saturated rings. The van der Waals surface area contributed by atoms with Crippen molar-refractivity contribution in [3.05, 3.63) is 0 Å². The molecular weight excluding hydrogens is 364 g/mol. The standard InChI is InChI=1S/C20H42O6Si/c1-7-8-9-10-19(21)25-17-15-23-13-11-22-12-14-24-16-18-26-27(5,6)20(2,3)4/h7-18H2,1-6H3. The second-order valence-corrected chi connectivity index (χ2v) is 12.9.